The van der Waals surface area contributed by atoms with E-state index in [9.17, 15) is 0 Å². The highest BCUT2D eigenvalue weighted by Crippen LogP contribution is 2.52. The molecule has 4 nitrogen and oxygen atoms in total. The Balaban J connectivity index is 1.29. The van der Waals surface area contributed by atoms with E-state index in [1.54, 1.807) is 0 Å². The maximum Gasteiger partial charge on any atom is 0.249 e. The van der Waals surface area contributed by atoms with Crippen LogP contribution in [0.1, 0.15) is 185 Å². The number of anilines is 3. The molecule has 0 spiro atoms. The summed E-state index contributed by atoms with van der Waals surface area (Å²) in [7, 11) is 0. The minimum atomic E-state index is -0.220. The molecular formula is C80H89BN4S. The third-order valence-electron chi connectivity index (χ3n) is 18.1. The lowest BCUT2D eigenvalue weighted by Gasteiger charge is -2.42. The van der Waals surface area contributed by atoms with Gasteiger partial charge in [-0.3, -0.25) is 9.97 Å². The molecule has 0 bridgehead atoms. The van der Waals surface area contributed by atoms with Crippen LogP contribution in [0.2, 0.25) is 0 Å². The number of pyridine rings is 2. The van der Waals surface area contributed by atoms with Crippen LogP contribution in [-0.4, -0.2) is 21.2 Å². The second-order valence-corrected chi connectivity index (χ2v) is 33.2. The van der Waals surface area contributed by atoms with E-state index in [4.69, 9.17) is 9.97 Å². The Hall–Kier alpha value is -7.15. The van der Waals surface area contributed by atoms with E-state index < -0.39 is 0 Å². The largest absolute Gasteiger partial charge is 0.310 e. The third kappa shape index (κ3) is 10.5. The number of benzene rings is 7. The van der Waals surface area contributed by atoms with Gasteiger partial charge in [0.1, 0.15) is 0 Å². The predicted molar refractivity (Wildman–Crippen MR) is 373 cm³/mol. The summed E-state index contributed by atoms with van der Waals surface area (Å²) in [5.74, 6) is 0. The quantitative estimate of drug-likeness (QED) is 0.161. The number of aromatic nitrogens is 3. The number of hydrogen-bond acceptors (Lipinski definition) is 4. The van der Waals surface area contributed by atoms with E-state index in [2.05, 4.69) is 313 Å². The van der Waals surface area contributed by atoms with Crippen molar-refractivity contribution in [1.82, 2.24) is 14.5 Å². The van der Waals surface area contributed by atoms with Crippen LogP contribution in [0, 0.1) is 0 Å². The highest BCUT2D eigenvalue weighted by atomic mass is 32.2. The number of para-hydroxylation sites is 3. The lowest BCUT2D eigenvalue weighted by atomic mass is 9.34. The normalized spacial score (nSPS) is 14.0. The Morgan fingerprint density at radius 2 is 0.814 bits per heavy atom. The first-order valence-electron chi connectivity index (χ1n) is 31.3. The van der Waals surface area contributed by atoms with Crippen LogP contribution < -0.4 is 21.3 Å². The fraction of sp³-hybridized carbons (Fsp3) is 0.350. The lowest BCUT2D eigenvalue weighted by molar-refractivity contribution is 0.531. The molecule has 5 heterocycles. The number of rotatable bonds is 5. The van der Waals surface area contributed by atoms with Crippen LogP contribution in [0.3, 0.4) is 0 Å². The molecule has 0 unspecified atom stereocenters. The summed E-state index contributed by atoms with van der Waals surface area (Å²) in [6.45, 7) is 48.7. The number of hydrogen-bond donors (Lipinski definition) is 0. The topological polar surface area (TPSA) is 34.0 Å². The van der Waals surface area contributed by atoms with Gasteiger partial charge in [0.15, 0.2) is 0 Å². The van der Waals surface area contributed by atoms with Gasteiger partial charge in [-0.05, 0) is 127 Å². The van der Waals surface area contributed by atoms with Crippen molar-refractivity contribution in [2.45, 2.75) is 193 Å². The minimum Gasteiger partial charge on any atom is -0.310 e. The minimum absolute atomic E-state index is 0.0328. The van der Waals surface area contributed by atoms with Gasteiger partial charge in [-0.1, -0.05) is 260 Å². The Bertz CT molecular complexity index is 4130. The van der Waals surface area contributed by atoms with Gasteiger partial charge in [0.25, 0.3) is 0 Å². The molecule has 438 valence electrons. The molecule has 2 aliphatic heterocycles. The zero-order valence-corrected chi connectivity index (χ0v) is 56.1. The van der Waals surface area contributed by atoms with Crippen molar-refractivity contribution in [1.29, 1.82) is 0 Å². The van der Waals surface area contributed by atoms with Crippen molar-refractivity contribution in [2.24, 2.45) is 0 Å². The maximum absolute atomic E-state index is 5.51. The molecule has 86 heavy (non-hydrogen) atoms. The maximum atomic E-state index is 5.51. The molecule has 0 radical (unpaired) electrons. The molecule has 0 saturated carbocycles. The van der Waals surface area contributed by atoms with Crippen LogP contribution >= 0.6 is 11.8 Å². The zero-order chi connectivity index (χ0) is 61.7. The number of nitrogens with zero attached hydrogens (tertiary/aromatic N) is 4. The molecule has 12 rings (SSSR count). The average molecular weight is 1150 g/mol. The van der Waals surface area contributed by atoms with Gasteiger partial charge in [0, 0.05) is 93.2 Å². The van der Waals surface area contributed by atoms with Crippen LogP contribution in [-0.2, 0) is 37.9 Å². The second-order valence-electron chi connectivity index (χ2n) is 32.1. The van der Waals surface area contributed by atoms with E-state index in [1.807, 2.05) is 11.8 Å². The van der Waals surface area contributed by atoms with Gasteiger partial charge < -0.3 is 9.47 Å². The highest BCUT2D eigenvalue weighted by molar-refractivity contribution is 8.00. The van der Waals surface area contributed by atoms with Crippen molar-refractivity contribution in [3.8, 4) is 39.1 Å². The summed E-state index contributed by atoms with van der Waals surface area (Å²) in [5.41, 5.74) is 25.3. The first kappa shape index (κ1) is 59.2. The summed E-state index contributed by atoms with van der Waals surface area (Å²) in [4.78, 5) is 16.3. The Morgan fingerprint density at radius 1 is 0.349 bits per heavy atom. The van der Waals surface area contributed by atoms with Gasteiger partial charge in [-0.2, -0.15) is 0 Å². The molecule has 0 atom stereocenters. The molecular weight excluding hydrogens is 1060 g/mol. The third-order valence-corrected chi connectivity index (χ3v) is 19.2. The molecule has 10 aromatic rings. The standard InChI is InChI=1S/C80H89BN4S/c1-74(2,3)52-34-36-61-66(45-52)86-67-47-55(84-62-31-24-22-27-58(62)59-28-23-25-32-63(59)84)46-65-72(67)81(61)60-35-33-48(49-37-53(75(4,5)6)44-54(38-49)76(7,8)9)39-64(60)85(65)73-56(50-40-68(77(10,11)12)82-69(41-50)78(13,14)15)29-26-30-57(73)51-42-70(79(16,17)18)83-71(43-51)80(19,20)21/h22-47H,1-21H3. The summed E-state index contributed by atoms with van der Waals surface area (Å²) in [5, 5.41) is 2.49. The molecule has 6 heteroatoms. The monoisotopic (exact) mass is 1150 g/mol. The van der Waals surface area contributed by atoms with Gasteiger partial charge in [-0.25, -0.2) is 0 Å². The first-order valence-corrected chi connectivity index (χ1v) is 32.1. The van der Waals surface area contributed by atoms with E-state index in [1.165, 1.54) is 87.2 Å². The Morgan fingerprint density at radius 3 is 1.28 bits per heavy atom. The summed E-state index contributed by atoms with van der Waals surface area (Å²) < 4.78 is 2.53. The van der Waals surface area contributed by atoms with E-state index >= 15 is 0 Å². The molecule has 0 amide bonds. The SMILES string of the molecule is CC(C)(C)c1cc(-c2ccc3c(c2)N(c2c(-c4cc(C(C)(C)C)nc(C(C)(C)C)c4)cccc2-c2cc(C(C)(C)C)nc(C(C)(C)C)c2)c2cc(-n4c5ccccc5c5ccccc54)cc4c2B3c2ccc(C(C)(C)C)cc2S4)cc(C(C)(C)C)c1. The van der Waals surface area contributed by atoms with Gasteiger partial charge in [0.05, 0.1) is 16.7 Å². The van der Waals surface area contributed by atoms with Gasteiger partial charge in [-0.15, -0.1) is 0 Å². The van der Waals surface area contributed by atoms with Gasteiger partial charge in [0.2, 0.25) is 6.71 Å². The van der Waals surface area contributed by atoms with E-state index in [-0.39, 0.29) is 44.6 Å². The molecule has 7 aromatic carbocycles. The Kier molecular flexibility index (Phi) is 13.9. The van der Waals surface area contributed by atoms with Crippen molar-refractivity contribution in [3.05, 3.63) is 197 Å². The van der Waals surface area contributed by atoms with Crippen LogP contribution in [0.5, 0.6) is 0 Å². The molecule has 0 aliphatic carbocycles. The Labute approximate surface area is 519 Å². The first-order chi connectivity index (χ1) is 40.0. The molecule has 0 fully saturated rings. The summed E-state index contributed by atoms with van der Waals surface area (Å²) in [6.07, 6.45) is 0. The molecule has 0 N–H and O–H groups in total. The zero-order valence-electron chi connectivity index (χ0n) is 55.3. The van der Waals surface area contributed by atoms with Crippen LogP contribution in [0.15, 0.2) is 168 Å². The number of fused-ring (bicyclic) bond motifs is 7. The van der Waals surface area contributed by atoms with Crippen LogP contribution in [0.25, 0.3) is 60.9 Å². The fourth-order valence-corrected chi connectivity index (χ4v) is 14.0. The highest BCUT2D eigenvalue weighted by Gasteiger charge is 2.44. The van der Waals surface area contributed by atoms with Crippen molar-refractivity contribution in [3.63, 3.8) is 0 Å². The van der Waals surface area contributed by atoms with Crippen molar-refractivity contribution in [2.75, 3.05) is 4.90 Å². The smallest absolute Gasteiger partial charge is 0.249 e. The molecule has 3 aromatic heterocycles. The van der Waals surface area contributed by atoms with Crippen molar-refractivity contribution >= 4 is 73.7 Å². The average Bonchev–Trinajstić information content (AvgIpc) is 0.809. The van der Waals surface area contributed by atoms with Gasteiger partial charge >= 0.3 is 0 Å². The van der Waals surface area contributed by atoms with Crippen molar-refractivity contribution < 1.29 is 0 Å². The predicted octanol–water partition coefficient (Wildman–Crippen LogP) is 20.4. The fourth-order valence-electron chi connectivity index (χ4n) is 12.8. The molecule has 2 aliphatic rings. The van der Waals surface area contributed by atoms with E-state index in [0.29, 0.717) is 0 Å². The molecule has 0 saturated heterocycles. The van der Waals surface area contributed by atoms with Crippen LogP contribution in [0.4, 0.5) is 17.1 Å². The van der Waals surface area contributed by atoms with E-state index in [0.717, 1.165) is 56.4 Å². The summed E-state index contributed by atoms with van der Waals surface area (Å²) >= 11 is 1.95. The summed E-state index contributed by atoms with van der Waals surface area (Å²) in [6, 6.07) is 61.9. The lowest BCUT2D eigenvalue weighted by Crippen LogP contribution is -2.60. The second kappa shape index (κ2) is 20.2.